The van der Waals surface area contributed by atoms with Crippen molar-refractivity contribution in [1.82, 2.24) is 10.6 Å². The van der Waals surface area contributed by atoms with Gasteiger partial charge in [-0.05, 0) is 49.9 Å². The van der Waals surface area contributed by atoms with Crippen molar-refractivity contribution in [3.63, 3.8) is 0 Å². The number of hydrogen-bond donors (Lipinski definition) is 2. The van der Waals surface area contributed by atoms with E-state index in [1.54, 1.807) is 0 Å². The fourth-order valence-electron chi connectivity index (χ4n) is 3.23. The minimum atomic E-state index is -0.938. The Balaban J connectivity index is 1.38. The molecule has 2 fully saturated rings. The fraction of sp³-hybridized carbons (Fsp3) is 0.562. The SMILES string of the molecule is O=C(NCCOc1ccc(F)c(F)c1)C1CC12CCNCC2. The first-order valence-electron chi connectivity index (χ1n) is 7.67. The molecule has 1 aliphatic carbocycles. The van der Waals surface area contributed by atoms with Crippen molar-refractivity contribution < 1.29 is 18.3 Å². The van der Waals surface area contributed by atoms with Crippen LogP contribution < -0.4 is 15.4 Å². The van der Waals surface area contributed by atoms with Gasteiger partial charge in [0, 0.05) is 12.0 Å². The molecule has 0 radical (unpaired) electrons. The summed E-state index contributed by atoms with van der Waals surface area (Å²) in [5.41, 5.74) is 0.219. The van der Waals surface area contributed by atoms with Crippen LogP contribution in [0.2, 0.25) is 0 Å². The smallest absolute Gasteiger partial charge is 0.223 e. The van der Waals surface area contributed by atoms with Gasteiger partial charge in [-0.3, -0.25) is 4.79 Å². The number of carbonyl (C=O) groups excluding carboxylic acids is 1. The first-order chi connectivity index (χ1) is 10.6. The molecule has 1 aromatic carbocycles. The molecule has 6 heteroatoms. The van der Waals surface area contributed by atoms with Gasteiger partial charge in [0.25, 0.3) is 0 Å². The summed E-state index contributed by atoms with van der Waals surface area (Å²) >= 11 is 0. The van der Waals surface area contributed by atoms with Crippen LogP contribution in [0.1, 0.15) is 19.3 Å². The normalized spacial score (nSPS) is 22.4. The number of nitrogens with one attached hydrogen (secondary N) is 2. The first-order valence-corrected chi connectivity index (χ1v) is 7.67. The minimum absolute atomic E-state index is 0.0794. The lowest BCUT2D eigenvalue weighted by atomic mass is 9.92. The zero-order chi connectivity index (χ0) is 15.6. The molecule has 1 amide bonds. The lowest BCUT2D eigenvalue weighted by molar-refractivity contribution is -0.123. The standard InChI is InChI=1S/C16H20F2N2O2/c17-13-2-1-11(9-14(13)18)22-8-7-20-15(21)12-10-16(12)3-5-19-6-4-16/h1-2,9,12,19H,3-8,10H2,(H,20,21). The maximum absolute atomic E-state index is 13.0. The van der Waals surface area contributed by atoms with Crippen LogP contribution in [0.15, 0.2) is 18.2 Å². The molecule has 0 aromatic heterocycles. The summed E-state index contributed by atoms with van der Waals surface area (Å²) in [5, 5.41) is 6.17. The van der Waals surface area contributed by atoms with Crippen LogP contribution in [-0.4, -0.2) is 32.1 Å². The molecular weight excluding hydrogens is 290 g/mol. The van der Waals surface area contributed by atoms with Crippen LogP contribution in [0, 0.1) is 23.0 Å². The Labute approximate surface area is 128 Å². The van der Waals surface area contributed by atoms with Crippen molar-refractivity contribution in [2.24, 2.45) is 11.3 Å². The zero-order valence-corrected chi connectivity index (χ0v) is 12.3. The Morgan fingerprint density at radius 3 is 2.82 bits per heavy atom. The van der Waals surface area contributed by atoms with Crippen LogP contribution in [0.4, 0.5) is 8.78 Å². The number of amides is 1. The Bertz CT molecular complexity index is 559. The lowest BCUT2D eigenvalue weighted by Crippen LogP contribution is -2.35. The van der Waals surface area contributed by atoms with Crippen molar-refractivity contribution in [2.45, 2.75) is 19.3 Å². The maximum atomic E-state index is 13.0. The van der Waals surface area contributed by atoms with E-state index in [9.17, 15) is 13.6 Å². The van der Waals surface area contributed by atoms with Gasteiger partial charge in [0.1, 0.15) is 12.4 Å². The van der Waals surface area contributed by atoms with E-state index in [0.29, 0.717) is 6.54 Å². The van der Waals surface area contributed by atoms with E-state index in [2.05, 4.69) is 10.6 Å². The Morgan fingerprint density at radius 2 is 2.09 bits per heavy atom. The summed E-state index contributed by atoms with van der Waals surface area (Å²) in [6.45, 7) is 2.58. The van der Waals surface area contributed by atoms with E-state index < -0.39 is 11.6 Å². The predicted molar refractivity (Wildman–Crippen MR) is 77.5 cm³/mol. The van der Waals surface area contributed by atoms with Crippen LogP contribution in [0.3, 0.4) is 0 Å². The van der Waals surface area contributed by atoms with Crippen LogP contribution in [0.5, 0.6) is 5.75 Å². The van der Waals surface area contributed by atoms with Gasteiger partial charge in [0.2, 0.25) is 5.91 Å². The number of carbonyl (C=O) groups is 1. The molecule has 0 bridgehead atoms. The third-order valence-electron chi connectivity index (χ3n) is 4.67. The summed E-state index contributed by atoms with van der Waals surface area (Å²) in [6.07, 6.45) is 3.11. The number of halogens is 2. The highest BCUT2D eigenvalue weighted by atomic mass is 19.2. The Morgan fingerprint density at radius 1 is 1.32 bits per heavy atom. The lowest BCUT2D eigenvalue weighted by Gasteiger charge is -2.23. The summed E-state index contributed by atoms with van der Waals surface area (Å²) in [4.78, 5) is 12.1. The quantitative estimate of drug-likeness (QED) is 0.816. The van der Waals surface area contributed by atoms with Gasteiger partial charge >= 0.3 is 0 Å². The predicted octanol–water partition coefficient (Wildman–Crippen LogP) is 1.85. The Hall–Kier alpha value is -1.69. The van der Waals surface area contributed by atoms with Crippen molar-refractivity contribution in [3.05, 3.63) is 29.8 Å². The molecule has 1 heterocycles. The summed E-state index contributed by atoms with van der Waals surface area (Å²) < 4.78 is 31.1. The van der Waals surface area contributed by atoms with Crippen molar-refractivity contribution >= 4 is 5.91 Å². The van der Waals surface area contributed by atoms with Crippen LogP contribution in [-0.2, 0) is 4.79 Å². The molecule has 1 saturated heterocycles. The molecule has 1 aromatic rings. The van der Waals surface area contributed by atoms with E-state index in [-0.39, 0.29) is 29.6 Å². The Kier molecular flexibility index (Phi) is 4.29. The van der Waals surface area contributed by atoms with Crippen LogP contribution in [0.25, 0.3) is 0 Å². The second-order valence-electron chi connectivity index (χ2n) is 6.08. The molecule has 3 rings (SSSR count). The number of hydrogen-bond acceptors (Lipinski definition) is 3. The van der Waals surface area contributed by atoms with Gasteiger partial charge < -0.3 is 15.4 Å². The topological polar surface area (TPSA) is 50.4 Å². The molecule has 2 N–H and O–H groups in total. The maximum Gasteiger partial charge on any atom is 0.223 e. The molecule has 120 valence electrons. The largest absolute Gasteiger partial charge is 0.492 e. The third kappa shape index (κ3) is 3.21. The number of ether oxygens (including phenoxy) is 1. The molecule has 1 unspecified atom stereocenters. The van der Waals surface area contributed by atoms with Gasteiger partial charge in [0.05, 0.1) is 6.54 Å². The number of piperidine rings is 1. The average molecular weight is 310 g/mol. The van der Waals surface area contributed by atoms with Crippen molar-refractivity contribution in [1.29, 1.82) is 0 Å². The molecule has 1 aliphatic heterocycles. The molecule has 1 spiro atoms. The van der Waals surface area contributed by atoms with Crippen LogP contribution >= 0.6 is 0 Å². The van der Waals surface area contributed by atoms with Gasteiger partial charge in [-0.2, -0.15) is 0 Å². The number of benzene rings is 1. The highest BCUT2D eigenvalue weighted by molar-refractivity contribution is 5.82. The first kappa shape index (κ1) is 15.2. The second kappa shape index (κ2) is 6.20. The zero-order valence-electron chi connectivity index (χ0n) is 12.3. The van der Waals surface area contributed by atoms with E-state index in [0.717, 1.165) is 44.5 Å². The summed E-state index contributed by atoms with van der Waals surface area (Å²) in [5.74, 6) is -1.38. The molecule has 4 nitrogen and oxygen atoms in total. The van der Waals surface area contributed by atoms with E-state index in [4.69, 9.17) is 4.74 Å². The number of rotatable bonds is 5. The van der Waals surface area contributed by atoms with Crippen molar-refractivity contribution in [3.8, 4) is 5.75 Å². The van der Waals surface area contributed by atoms with E-state index >= 15 is 0 Å². The molecule has 22 heavy (non-hydrogen) atoms. The van der Waals surface area contributed by atoms with E-state index in [1.807, 2.05) is 0 Å². The molecule has 1 saturated carbocycles. The summed E-state index contributed by atoms with van der Waals surface area (Å²) in [7, 11) is 0. The highest BCUT2D eigenvalue weighted by Crippen LogP contribution is 2.58. The highest BCUT2D eigenvalue weighted by Gasteiger charge is 2.57. The molecule has 1 atom stereocenters. The monoisotopic (exact) mass is 310 g/mol. The molecular formula is C16H20F2N2O2. The van der Waals surface area contributed by atoms with Gasteiger partial charge in [-0.1, -0.05) is 0 Å². The average Bonchev–Trinajstić information content (AvgIpc) is 3.21. The third-order valence-corrected chi connectivity index (χ3v) is 4.67. The van der Waals surface area contributed by atoms with Gasteiger partial charge in [-0.15, -0.1) is 0 Å². The molecule has 2 aliphatic rings. The van der Waals surface area contributed by atoms with Gasteiger partial charge in [0.15, 0.2) is 11.6 Å². The second-order valence-corrected chi connectivity index (χ2v) is 6.08. The summed E-state index contributed by atoms with van der Waals surface area (Å²) in [6, 6.07) is 3.39. The minimum Gasteiger partial charge on any atom is -0.492 e. The fourth-order valence-corrected chi connectivity index (χ4v) is 3.23. The van der Waals surface area contributed by atoms with Gasteiger partial charge in [-0.25, -0.2) is 8.78 Å². The van der Waals surface area contributed by atoms with Crippen molar-refractivity contribution in [2.75, 3.05) is 26.2 Å². The van der Waals surface area contributed by atoms with E-state index in [1.165, 1.54) is 6.07 Å².